The number of ether oxygens (including phenoxy) is 3. The van der Waals surface area contributed by atoms with Gasteiger partial charge in [-0.2, -0.15) is 5.06 Å². The third-order valence-electron chi connectivity index (χ3n) is 5.94. The van der Waals surface area contributed by atoms with Gasteiger partial charge in [0.1, 0.15) is 18.2 Å². The number of hydrogen-bond acceptors (Lipinski definition) is 10. The molecule has 2 aliphatic heterocycles. The van der Waals surface area contributed by atoms with E-state index in [4.69, 9.17) is 24.6 Å². The smallest absolute Gasteiger partial charge is 0.434 e. The van der Waals surface area contributed by atoms with Gasteiger partial charge in [0.15, 0.2) is 0 Å². The number of fused-ring (bicyclic) bond motifs is 1. The summed E-state index contributed by atoms with van der Waals surface area (Å²) in [5.74, 6) is -1.79. The summed E-state index contributed by atoms with van der Waals surface area (Å²) in [7, 11) is 0. The summed E-state index contributed by atoms with van der Waals surface area (Å²) < 4.78 is 15.9. The molecule has 228 valence electrons. The molecule has 0 radical (unpaired) electrons. The van der Waals surface area contributed by atoms with Gasteiger partial charge in [-0.05, 0) is 56.5 Å². The monoisotopic (exact) mass is 589 g/mol. The Labute approximate surface area is 242 Å². The first-order chi connectivity index (χ1) is 20.0. The number of rotatable bonds is 14. The number of nitrogens with zero attached hydrogens (tertiary/aromatic N) is 5. The first-order valence-electron chi connectivity index (χ1n) is 13.4. The molecule has 1 aromatic rings. The van der Waals surface area contributed by atoms with E-state index in [1.807, 2.05) is 0 Å². The van der Waals surface area contributed by atoms with Crippen LogP contribution in [0.5, 0.6) is 0 Å². The van der Waals surface area contributed by atoms with Crippen molar-refractivity contribution in [3.05, 3.63) is 39.8 Å². The molecule has 16 heteroatoms. The van der Waals surface area contributed by atoms with Crippen LogP contribution in [0.3, 0.4) is 0 Å². The van der Waals surface area contributed by atoms with Gasteiger partial charge in [0.2, 0.25) is 17.7 Å². The van der Waals surface area contributed by atoms with Gasteiger partial charge in [-0.3, -0.25) is 29.3 Å². The molecule has 1 atom stereocenters. The largest absolute Gasteiger partial charge is 0.442 e. The van der Waals surface area contributed by atoms with E-state index < -0.39 is 36.1 Å². The average molecular weight is 590 g/mol. The molecule has 0 aliphatic carbocycles. The molecular formula is C26H35N7O9. The Balaban J connectivity index is 1.53. The minimum absolute atomic E-state index is 0.0532. The predicted molar refractivity (Wildman–Crippen MR) is 146 cm³/mol. The molecular weight excluding hydrogens is 554 g/mol. The zero-order chi connectivity index (χ0) is 30.7. The summed E-state index contributed by atoms with van der Waals surface area (Å²) in [5, 5.41) is 9.08. The van der Waals surface area contributed by atoms with Crippen molar-refractivity contribution in [2.24, 2.45) is 5.11 Å². The van der Waals surface area contributed by atoms with Gasteiger partial charge in [-0.15, -0.1) is 0 Å². The van der Waals surface area contributed by atoms with Crippen LogP contribution in [0.2, 0.25) is 0 Å². The highest BCUT2D eigenvalue weighted by atomic mass is 16.7. The molecule has 2 aliphatic rings. The normalized spacial score (nSPS) is 16.4. The number of amides is 5. The van der Waals surface area contributed by atoms with E-state index in [2.05, 4.69) is 20.7 Å². The number of benzene rings is 1. The molecule has 0 aromatic heterocycles. The van der Waals surface area contributed by atoms with E-state index in [-0.39, 0.29) is 70.8 Å². The van der Waals surface area contributed by atoms with Crippen LogP contribution in [-0.4, -0.2) is 97.5 Å². The Morgan fingerprint density at radius 1 is 1.14 bits per heavy atom. The number of imide groups is 1. The molecule has 3 rings (SSSR count). The first-order valence-corrected chi connectivity index (χ1v) is 13.4. The van der Waals surface area contributed by atoms with E-state index >= 15 is 0 Å². The summed E-state index contributed by atoms with van der Waals surface area (Å²) in [5.41, 5.74) is 8.78. The van der Waals surface area contributed by atoms with Gasteiger partial charge in [0, 0.05) is 35.7 Å². The molecule has 16 nitrogen and oxygen atoms in total. The lowest BCUT2D eigenvalue weighted by atomic mass is 10.0. The molecule has 0 spiro atoms. The first kappa shape index (κ1) is 32.3. The zero-order valence-electron chi connectivity index (χ0n) is 23.8. The number of piperidine rings is 1. The van der Waals surface area contributed by atoms with Gasteiger partial charge in [-0.1, -0.05) is 5.11 Å². The van der Waals surface area contributed by atoms with E-state index in [1.54, 1.807) is 39.0 Å². The molecule has 42 heavy (non-hydrogen) atoms. The van der Waals surface area contributed by atoms with Crippen molar-refractivity contribution < 1.29 is 43.0 Å². The third kappa shape index (κ3) is 9.69. The molecule has 1 fully saturated rings. The van der Waals surface area contributed by atoms with Crippen LogP contribution < -0.4 is 10.6 Å². The number of hydroxylamine groups is 2. The van der Waals surface area contributed by atoms with Crippen molar-refractivity contribution in [1.29, 1.82) is 0 Å². The van der Waals surface area contributed by atoms with Gasteiger partial charge in [-0.25, -0.2) is 4.79 Å². The molecule has 2 heterocycles. The molecule has 1 saturated heterocycles. The molecule has 1 unspecified atom stereocenters. The second-order valence-corrected chi connectivity index (χ2v) is 10.3. The number of anilines is 1. The minimum atomic E-state index is -0.863. The van der Waals surface area contributed by atoms with Crippen molar-refractivity contribution in [2.75, 3.05) is 51.4 Å². The summed E-state index contributed by atoms with van der Waals surface area (Å²) in [6.45, 7) is 5.75. The van der Waals surface area contributed by atoms with Crippen molar-refractivity contribution in [1.82, 2.24) is 15.3 Å². The van der Waals surface area contributed by atoms with Crippen molar-refractivity contribution in [2.45, 2.75) is 51.8 Å². The third-order valence-corrected chi connectivity index (χ3v) is 5.94. The fraction of sp³-hybridized carbons (Fsp3) is 0.577. The van der Waals surface area contributed by atoms with Crippen molar-refractivity contribution in [3.8, 4) is 0 Å². The van der Waals surface area contributed by atoms with Gasteiger partial charge < -0.3 is 24.4 Å². The maximum Gasteiger partial charge on any atom is 0.434 e. The second kappa shape index (κ2) is 15.1. The molecule has 1 aromatic carbocycles. The minimum Gasteiger partial charge on any atom is -0.442 e. The Morgan fingerprint density at radius 2 is 1.86 bits per heavy atom. The van der Waals surface area contributed by atoms with Crippen LogP contribution in [0.25, 0.3) is 10.4 Å². The topological polar surface area (TPSA) is 202 Å². The van der Waals surface area contributed by atoms with Gasteiger partial charge >= 0.3 is 6.09 Å². The number of nitrogens with one attached hydrogen (secondary N) is 2. The summed E-state index contributed by atoms with van der Waals surface area (Å²) in [4.78, 5) is 71.7. The van der Waals surface area contributed by atoms with Crippen molar-refractivity contribution in [3.63, 3.8) is 0 Å². The van der Waals surface area contributed by atoms with Crippen LogP contribution >= 0.6 is 0 Å². The van der Waals surface area contributed by atoms with E-state index in [9.17, 15) is 24.0 Å². The Bertz CT molecular complexity index is 1230. The lowest BCUT2D eigenvalue weighted by Crippen LogP contribution is -2.52. The summed E-state index contributed by atoms with van der Waals surface area (Å²) in [6.07, 6.45) is -0.473. The average Bonchev–Trinajstić information content (AvgIpc) is 3.23. The second-order valence-electron chi connectivity index (χ2n) is 10.3. The quantitative estimate of drug-likeness (QED) is 0.0811. The number of carbonyl (C=O) groups excluding carboxylic acids is 5. The highest BCUT2D eigenvalue weighted by Crippen LogP contribution is 2.29. The zero-order valence-corrected chi connectivity index (χ0v) is 23.8. The van der Waals surface area contributed by atoms with Crippen LogP contribution in [-0.2, 0) is 40.0 Å². The van der Waals surface area contributed by atoms with Crippen LogP contribution in [0.1, 0.15) is 49.5 Å². The number of azide groups is 1. The highest BCUT2D eigenvalue weighted by molar-refractivity contribution is 6.05. The molecule has 0 saturated carbocycles. The highest BCUT2D eigenvalue weighted by Gasteiger charge is 2.39. The van der Waals surface area contributed by atoms with E-state index in [1.165, 1.54) is 4.90 Å². The summed E-state index contributed by atoms with van der Waals surface area (Å²) in [6, 6.07) is 3.97. The Kier molecular flexibility index (Phi) is 11.6. The standard InChI is InChI=1S/C26H35N7O9/c1-26(2,3)42-25(38)33(41-13-12-40-11-10-39-9-8-28-31-27)16-22(35)29-18-4-5-19-17(14-18)15-32(24(19)37)20-6-7-21(34)30-23(20)36/h4-5,14,20H,6-13,15-16H2,1-3H3,(H,29,35)(H,30,34,36). The van der Waals surface area contributed by atoms with Gasteiger partial charge in [0.25, 0.3) is 5.91 Å². The lowest BCUT2D eigenvalue weighted by Gasteiger charge is -2.29. The molecule has 2 N–H and O–H groups in total. The van der Waals surface area contributed by atoms with Crippen LogP contribution in [0, 0.1) is 0 Å². The fourth-order valence-corrected chi connectivity index (χ4v) is 4.14. The van der Waals surface area contributed by atoms with E-state index in [0.717, 1.165) is 5.06 Å². The fourth-order valence-electron chi connectivity index (χ4n) is 4.14. The Hall–Kier alpha value is -4.24. The van der Waals surface area contributed by atoms with Crippen LogP contribution in [0.4, 0.5) is 10.5 Å². The van der Waals surface area contributed by atoms with E-state index in [0.29, 0.717) is 16.8 Å². The SMILES string of the molecule is CC(C)(C)OC(=O)N(CC(=O)Nc1ccc2c(c1)CN(C1CCC(=O)NC1=O)C2=O)OCCOCCOCCN=[N+]=[N-]. The lowest BCUT2D eigenvalue weighted by molar-refractivity contribution is -0.163. The number of carbonyl (C=O) groups is 5. The summed E-state index contributed by atoms with van der Waals surface area (Å²) >= 11 is 0. The molecule has 0 bridgehead atoms. The Morgan fingerprint density at radius 3 is 2.55 bits per heavy atom. The molecule has 5 amide bonds. The van der Waals surface area contributed by atoms with Gasteiger partial charge in [0.05, 0.1) is 33.0 Å². The number of hydrogen-bond donors (Lipinski definition) is 2. The predicted octanol–water partition coefficient (Wildman–Crippen LogP) is 1.90. The maximum absolute atomic E-state index is 12.9. The van der Waals surface area contributed by atoms with Crippen LogP contribution in [0.15, 0.2) is 23.3 Å². The van der Waals surface area contributed by atoms with Crippen molar-refractivity contribution >= 4 is 35.4 Å². The maximum atomic E-state index is 12.9.